The second kappa shape index (κ2) is 4.09. The summed E-state index contributed by atoms with van der Waals surface area (Å²) < 4.78 is 47.1. The van der Waals surface area contributed by atoms with Crippen LogP contribution in [0.1, 0.15) is 57.0 Å². The number of piperidine rings is 1. The highest BCUT2D eigenvalue weighted by Crippen LogP contribution is 2.55. The topological polar surface area (TPSA) is 3.24 Å². The first-order valence-corrected chi connectivity index (χ1v) is 7.54. The van der Waals surface area contributed by atoms with Crippen LogP contribution in [0.4, 0.5) is 0 Å². The zero-order valence-electron chi connectivity index (χ0n) is 17.3. The van der Waals surface area contributed by atoms with Crippen LogP contribution >= 0.6 is 0 Å². The average Bonchev–Trinajstić information content (AvgIpc) is 2.52. The Kier molecular flexibility index (Phi) is 1.56. The minimum absolute atomic E-state index is 0.0283. The molecular formula is C18H25N. The molecule has 0 radical (unpaired) electrons. The van der Waals surface area contributed by atoms with Crippen LogP contribution in [0.5, 0.6) is 0 Å². The van der Waals surface area contributed by atoms with Crippen LogP contribution in [0.15, 0.2) is 18.2 Å². The SMILES string of the molecule is [2H]C([2H])([2H])c1ccc2c(c1)C13CCCC[C@@H]1[C@H](C2)N(C([2H])([2H])[2H])CC3. The number of benzene rings is 1. The predicted octanol–water partition coefficient (Wildman–Crippen LogP) is 3.68. The molecule has 19 heavy (non-hydrogen) atoms. The minimum atomic E-state index is -2.09. The highest BCUT2D eigenvalue weighted by molar-refractivity contribution is 5.43. The van der Waals surface area contributed by atoms with E-state index in [2.05, 4.69) is 0 Å². The molecule has 2 bridgehead atoms. The number of hydrogen-bond acceptors (Lipinski definition) is 1. The molecule has 2 fully saturated rings. The van der Waals surface area contributed by atoms with Crippen LogP contribution in [0.3, 0.4) is 0 Å². The lowest BCUT2D eigenvalue weighted by Crippen LogP contribution is -2.59. The van der Waals surface area contributed by atoms with Crippen molar-refractivity contribution in [3.05, 3.63) is 34.9 Å². The molecule has 0 aromatic heterocycles. The van der Waals surface area contributed by atoms with Crippen molar-refractivity contribution in [2.24, 2.45) is 5.92 Å². The highest BCUT2D eigenvalue weighted by Gasteiger charge is 2.52. The van der Waals surface area contributed by atoms with Gasteiger partial charge < -0.3 is 4.90 Å². The maximum absolute atomic E-state index is 7.94. The smallest absolute Gasteiger partial charge is 0.0394 e. The molecule has 1 saturated carbocycles. The Labute approximate surface area is 125 Å². The third-order valence-electron chi connectivity index (χ3n) is 5.84. The van der Waals surface area contributed by atoms with E-state index in [4.69, 9.17) is 8.22 Å². The molecular weight excluding hydrogens is 230 g/mol. The molecule has 4 rings (SSSR count). The summed E-state index contributed by atoms with van der Waals surface area (Å²) >= 11 is 0. The van der Waals surface area contributed by atoms with Gasteiger partial charge in [-0.05, 0) is 63.1 Å². The summed E-state index contributed by atoms with van der Waals surface area (Å²) in [5, 5.41) is 0. The van der Waals surface area contributed by atoms with Gasteiger partial charge in [0.2, 0.25) is 0 Å². The quantitative estimate of drug-likeness (QED) is 0.688. The third-order valence-corrected chi connectivity index (χ3v) is 5.84. The minimum Gasteiger partial charge on any atom is -0.303 e. The zero-order valence-corrected chi connectivity index (χ0v) is 11.3. The molecule has 1 heteroatoms. The van der Waals surface area contributed by atoms with E-state index in [0.29, 0.717) is 18.0 Å². The lowest BCUT2D eigenvalue weighted by molar-refractivity contribution is 0.00283. The van der Waals surface area contributed by atoms with Gasteiger partial charge in [-0.2, -0.15) is 0 Å². The lowest BCUT2D eigenvalue weighted by atomic mass is 9.52. The molecule has 0 N–H and O–H groups in total. The van der Waals surface area contributed by atoms with Gasteiger partial charge in [0, 0.05) is 19.7 Å². The van der Waals surface area contributed by atoms with Crippen LogP contribution in [0.25, 0.3) is 0 Å². The lowest BCUT2D eigenvalue weighted by Gasteiger charge is -2.58. The Morgan fingerprint density at radius 2 is 2.32 bits per heavy atom. The van der Waals surface area contributed by atoms with Crippen LogP contribution in [-0.4, -0.2) is 24.5 Å². The fraction of sp³-hybridized carbons (Fsp3) is 0.667. The van der Waals surface area contributed by atoms with E-state index in [1.165, 1.54) is 5.56 Å². The van der Waals surface area contributed by atoms with E-state index in [1.54, 1.807) is 11.0 Å². The average molecular weight is 261 g/mol. The maximum Gasteiger partial charge on any atom is 0.0394 e. The predicted molar refractivity (Wildman–Crippen MR) is 79.6 cm³/mol. The first-order valence-electron chi connectivity index (χ1n) is 10.5. The number of likely N-dealkylation sites (tertiary alicyclic amines) is 1. The molecule has 1 saturated heterocycles. The Morgan fingerprint density at radius 3 is 3.21 bits per heavy atom. The number of fused-ring (bicyclic) bond motifs is 1. The summed E-state index contributed by atoms with van der Waals surface area (Å²) in [5.74, 6) is 0.328. The second-order valence-electron chi connectivity index (χ2n) is 6.60. The van der Waals surface area contributed by atoms with Crippen molar-refractivity contribution in [1.82, 2.24) is 4.90 Å². The van der Waals surface area contributed by atoms with E-state index in [-0.39, 0.29) is 11.5 Å². The molecule has 1 nitrogen and oxygen atoms in total. The van der Waals surface area contributed by atoms with Gasteiger partial charge in [-0.3, -0.25) is 0 Å². The van der Waals surface area contributed by atoms with Crippen molar-refractivity contribution in [1.29, 1.82) is 0 Å². The number of nitrogens with zero attached hydrogens (tertiary/aromatic N) is 1. The summed E-state index contributed by atoms with van der Waals surface area (Å²) in [4.78, 5) is 1.74. The normalized spacial score (nSPS) is 43.6. The maximum atomic E-state index is 7.94. The van der Waals surface area contributed by atoms with Crippen molar-refractivity contribution in [3.63, 3.8) is 0 Å². The molecule has 1 aliphatic heterocycles. The standard InChI is InChI=1S/C18H25N/c1-13-6-7-14-12-17-15-5-3-4-8-18(15,16(14)11-13)9-10-19(17)2/h6-7,11,15,17H,3-5,8-10,12H2,1-2H3/t15-,17+,18?/m1/s1/i1D3,2D3. The van der Waals surface area contributed by atoms with Crippen molar-refractivity contribution >= 4 is 0 Å². The Morgan fingerprint density at radius 1 is 1.32 bits per heavy atom. The first-order chi connectivity index (χ1) is 11.6. The molecule has 3 aliphatic rings. The Balaban J connectivity index is 1.84. The molecule has 1 aromatic carbocycles. The van der Waals surface area contributed by atoms with Crippen molar-refractivity contribution in [2.45, 2.75) is 56.8 Å². The van der Waals surface area contributed by atoms with Gasteiger partial charge in [-0.15, -0.1) is 0 Å². The number of rotatable bonds is 0. The fourth-order valence-electron chi connectivity index (χ4n) is 5.01. The monoisotopic (exact) mass is 261 g/mol. The van der Waals surface area contributed by atoms with Crippen LogP contribution < -0.4 is 0 Å². The number of likely N-dealkylation sites (N-methyl/N-ethyl adjacent to an activating group) is 1. The van der Waals surface area contributed by atoms with Crippen LogP contribution in [-0.2, 0) is 11.8 Å². The summed E-state index contributed by atoms with van der Waals surface area (Å²) in [5.41, 5.74) is 2.75. The van der Waals surface area contributed by atoms with Crippen molar-refractivity contribution in [3.8, 4) is 0 Å². The Hall–Kier alpha value is -0.820. The number of hydrogen-bond donors (Lipinski definition) is 0. The molecule has 1 aromatic rings. The molecule has 1 heterocycles. The molecule has 0 amide bonds. The van der Waals surface area contributed by atoms with Gasteiger partial charge in [0.25, 0.3) is 0 Å². The van der Waals surface area contributed by atoms with E-state index in [0.717, 1.165) is 44.1 Å². The Bertz CT molecular complexity index is 679. The molecule has 2 aliphatic carbocycles. The van der Waals surface area contributed by atoms with Crippen molar-refractivity contribution in [2.75, 3.05) is 13.5 Å². The van der Waals surface area contributed by atoms with Crippen molar-refractivity contribution < 1.29 is 8.22 Å². The van der Waals surface area contributed by atoms with Gasteiger partial charge >= 0.3 is 0 Å². The summed E-state index contributed by atoms with van der Waals surface area (Å²) in [6, 6.07) is 5.62. The van der Waals surface area contributed by atoms with E-state index >= 15 is 0 Å². The van der Waals surface area contributed by atoms with Gasteiger partial charge in [0.05, 0.1) is 0 Å². The second-order valence-corrected chi connectivity index (χ2v) is 6.60. The van der Waals surface area contributed by atoms with Gasteiger partial charge in [-0.25, -0.2) is 0 Å². The largest absolute Gasteiger partial charge is 0.303 e. The summed E-state index contributed by atoms with van der Waals surface area (Å²) in [7, 11) is 0. The van der Waals surface area contributed by atoms with Gasteiger partial charge in [0.15, 0.2) is 0 Å². The summed E-state index contributed by atoms with van der Waals surface area (Å²) in [6.45, 7) is -3.56. The van der Waals surface area contributed by atoms with Crippen LogP contribution in [0, 0.1) is 12.8 Å². The fourth-order valence-corrected chi connectivity index (χ4v) is 5.01. The first kappa shape index (κ1) is 7.26. The number of aryl methyl sites for hydroxylation is 1. The van der Waals surface area contributed by atoms with E-state index in [9.17, 15) is 0 Å². The van der Waals surface area contributed by atoms with Gasteiger partial charge in [0.1, 0.15) is 0 Å². The third kappa shape index (κ3) is 1.57. The van der Waals surface area contributed by atoms with Crippen LogP contribution in [0.2, 0.25) is 0 Å². The highest BCUT2D eigenvalue weighted by atomic mass is 15.1. The molecule has 102 valence electrons. The van der Waals surface area contributed by atoms with E-state index < -0.39 is 13.8 Å². The molecule has 0 spiro atoms. The zero-order chi connectivity index (χ0) is 18.0. The van der Waals surface area contributed by atoms with E-state index in [1.807, 2.05) is 12.1 Å². The molecule has 1 unspecified atom stereocenters. The van der Waals surface area contributed by atoms with Gasteiger partial charge in [-0.1, -0.05) is 36.6 Å². The summed E-state index contributed by atoms with van der Waals surface area (Å²) in [6.07, 6.45) is 5.95. The molecule has 3 atom stereocenters.